The summed E-state index contributed by atoms with van der Waals surface area (Å²) in [4.78, 5) is 27.9. The second-order valence-electron chi connectivity index (χ2n) is 11.3. The number of carbonyl (C=O) groups excluding carboxylic acids is 2. The highest BCUT2D eigenvalue weighted by Gasteiger charge is 2.29. The lowest BCUT2D eigenvalue weighted by Crippen LogP contribution is -2.47. The fourth-order valence-corrected chi connectivity index (χ4v) is 5.63. The second kappa shape index (κ2) is 12.1. The molecule has 1 aliphatic rings. The summed E-state index contributed by atoms with van der Waals surface area (Å²) in [7, 11) is 0. The molecule has 0 spiro atoms. The molecule has 0 heterocycles. The first-order valence-electron chi connectivity index (χ1n) is 13.3. The van der Waals surface area contributed by atoms with Crippen LogP contribution in [0.3, 0.4) is 0 Å². The molecule has 0 saturated heterocycles. The fraction of sp³-hybridized carbons (Fsp3) is 0.419. The molecule has 3 aromatic rings. The van der Waals surface area contributed by atoms with Gasteiger partial charge in [0.25, 0.3) is 0 Å². The monoisotopic (exact) mass is 517 g/mol. The van der Waals surface area contributed by atoms with Gasteiger partial charge in [-0.2, -0.15) is 0 Å². The van der Waals surface area contributed by atoms with Crippen LogP contribution < -0.4 is 15.4 Å². The summed E-state index contributed by atoms with van der Waals surface area (Å²) in [5.74, 6) is 0.447. The predicted molar refractivity (Wildman–Crippen MR) is 155 cm³/mol. The summed E-state index contributed by atoms with van der Waals surface area (Å²) in [6.07, 6.45) is 4.35. The van der Waals surface area contributed by atoms with Crippen LogP contribution in [0.2, 0.25) is 0 Å². The molecular weight excluding hydrogens is 478 g/mol. The lowest BCUT2D eigenvalue weighted by atomic mass is 9.82. The fourth-order valence-electron chi connectivity index (χ4n) is 4.78. The van der Waals surface area contributed by atoms with E-state index in [0.29, 0.717) is 12.3 Å². The van der Waals surface area contributed by atoms with Gasteiger partial charge in [0.1, 0.15) is 6.04 Å². The van der Waals surface area contributed by atoms with Gasteiger partial charge in [0.05, 0.1) is 0 Å². The molecule has 0 unspecified atom stereocenters. The molecule has 196 valence electrons. The van der Waals surface area contributed by atoms with E-state index in [1.807, 2.05) is 54.6 Å². The van der Waals surface area contributed by atoms with Crippen LogP contribution in [0.5, 0.6) is 0 Å². The van der Waals surface area contributed by atoms with E-state index in [4.69, 9.17) is 0 Å². The van der Waals surface area contributed by atoms with E-state index in [0.717, 1.165) is 52.6 Å². The van der Waals surface area contributed by atoms with Gasteiger partial charge in [-0.15, -0.1) is 0 Å². The maximum atomic E-state index is 13.6. The molecule has 3 aromatic carbocycles. The van der Waals surface area contributed by atoms with Crippen molar-refractivity contribution in [3.63, 3.8) is 0 Å². The smallest absolute Gasteiger partial charge is 0.247 e. The number of hydrogen-bond acceptors (Lipinski definition) is 4. The van der Waals surface area contributed by atoms with E-state index in [2.05, 4.69) is 55.2 Å². The van der Waals surface area contributed by atoms with Gasteiger partial charge in [-0.05, 0) is 87.4 Å². The van der Waals surface area contributed by atoms with E-state index < -0.39 is 6.04 Å². The molecule has 0 aliphatic heterocycles. The van der Waals surface area contributed by atoms with Crippen LogP contribution in [0.4, 0.5) is 5.69 Å². The predicted octanol–water partition coefficient (Wildman–Crippen LogP) is 6.73. The molecule has 1 atom stereocenters. The van der Waals surface area contributed by atoms with Gasteiger partial charge in [-0.1, -0.05) is 61.5 Å². The van der Waals surface area contributed by atoms with Crippen molar-refractivity contribution in [2.45, 2.75) is 76.3 Å². The molecule has 2 amide bonds. The van der Waals surface area contributed by atoms with Gasteiger partial charge in [0.15, 0.2) is 0 Å². The Morgan fingerprint density at radius 1 is 0.892 bits per heavy atom. The zero-order valence-electron chi connectivity index (χ0n) is 22.3. The van der Waals surface area contributed by atoms with Crippen LogP contribution in [0, 0.1) is 11.8 Å². The maximum absolute atomic E-state index is 13.6. The third kappa shape index (κ3) is 7.59. The number of fused-ring (bicyclic) bond motifs is 1. The van der Waals surface area contributed by atoms with Crippen LogP contribution >= 0.6 is 11.9 Å². The van der Waals surface area contributed by atoms with Crippen LogP contribution in [0.25, 0.3) is 10.8 Å². The van der Waals surface area contributed by atoms with Crippen LogP contribution in [-0.2, 0) is 16.0 Å². The Morgan fingerprint density at radius 3 is 2.27 bits per heavy atom. The maximum Gasteiger partial charge on any atom is 0.247 e. The zero-order chi connectivity index (χ0) is 26.4. The Morgan fingerprint density at radius 2 is 1.57 bits per heavy atom. The number of nitrogens with one attached hydrogen (secondary N) is 3. The Kier molecular flexibility index (Phi) is 8.93. The average molecular weight is 518 g/mol. The molecule has 1 saturated carbocycles. The number of rotatable bonds is 8. The molecule has 3 N–H and O–H groups in total. The van der Waals surface area contributed by atoms with Crippen molar-refractivity contribution < 1.29 is 9.59 Å². The van der Waals surface area contributed by atoms with Gasteiger partial charge in [-0.3, -0.25) is 14.3 Å². The van der Waals surface area contributed by atoms with E-state index in [1.54, 1.807) is 11.9 Å². The SMILES string of the molecule is CC1CCC(C(=O)N[C@@H](Cc2ccccc2)C(=O)Nc2cccc3c(SNC(C)(C)C)cccc23)CC1. The number of carbonyl (C=O) groups is 2. The van der Waals surface area contributed by atoms with Crippen molar-refractivity contribution in [1.29, 1.82) is 0 Å². The molecule has 37 heavy (non-hydrogen) atoms. The molecule has 4 rings (SSSR count). The first-order chi connectivity index (χ1) is 17.7. The van der Waals surface area contributed by atoms with Crippen molar-refractivity contribution in [3.05, 3.63) is 72.3 Å². The van der Waals surface area contributed by atoms with Crippen molar-refractivity contribution in [2.24, 2.45) is 11.8 Å². The summed E-state index contributed by atoms with van der Waals surface area (Å²) in [6, 6.07) is 21.3. The van der Waals surface area contributed by atoms with E-state index in [1.165, 1.54) is 0 Å². The van der Waals surface area contributed by atoms with E-state index >= 15 is 0 Å². The van der Waals surface area contributed by atoms with Crippen LogP contribution in [0.15, 0.2) is 71.6 Å². The van der Waals surface area contributed by atoms with Crippen molar-refractivity contribution in [1.82, 2.24) is 10.0 Å². The molecule has 0 bridgehead atoms. The lowest BCUT2D eigenvalue weighted by molar-refractivity contribution is -0.130. The van der Waals surface area contributed by atoms with E-state index in [-0.39, 0.29) is 23.3 Å². The number of anilines is 1. The minimum atomic E-state index is -0.648. The van der Waals surface area contributed by atoms with Crippen LogP contribution in [-0.4, -0.2) is 23.4 Å². The van der Waals surface area contributed by atoms with Crippen LogP contribution in [0.1, 0.15) is 58.9 Å². The second-order valence-corrected chi connectivity index (χ2v) is 12.2. The molecule has 6 heteroatoms. The van der Waals surface area contributed by atoms with E-state index in [9.17, 15) is 9.59 Å². The summed E-state index contributed by atoms with van der Waals surface area (Å²) < 4.78 is 3.47. The first kappa shape index (κ1) is 27.2. The summed E-state index contributed by atoms with van der Waals surface area (Å²) in [5, 5.41) is 8.28. The Bertz CT molecular complexity index is 1210. The molecule has 0 aromatic heterocycles. The summed E-state index contributed by atoms with van der Waals surface area (Å²) >= 11 is 1.60. The van der Waals surface area contributed by atoms with Gasteiger partial charge in [0, 0.05) is 33.8 Å². The van der Waals surface area contributed by atoms with Crippen molar-refractivity contribution in [2.75, 3.05) is 5.32 Å². The highest BCUT2D eigenvalue weighted by molar-refractivity contribution is 7.97. The normalized spacial score (nSPS) is 18.8. The number of benzene rings is 3. The highest BCUT2D eigenvalue weighted by atomic mass is 32.2. The molecular formula is C31H39N3O2S. The quantitative estimate of drug-likeness (QED) is 0.290. The number of amides is 2. The molecule has 1 aliphatic carbocycles. The van der Waals surface area contributed by atoms with Gasteiger partial charge in [0.2, 0.25) is 11.8 Å². The topological polar surface area (TPSA) is 70.2 Å². The Labute approximate surface area is 225 Å². The summed E-state index contributed by atoms with van der Waals surface area (Å²) in [5.41, 5.74) is 1.74. The minimum absolute atomic E-state index is 0.00663. The third-order valence-corrected chi connectivity index (χ3v) is 8.20. The van der Waals surface area contributed by atoms with Gasteiger partial charge in [-0.25, -0.2) is 0 Å². The largest absolute Gasteiger partial charge is 0.344 e. The van der Waals surface area contributed by atoms with Gasteiger partial charge >= 0.3 is 0 Å². The van der Waals surface area contributed by atoms with Crippen molar-refractivity contribution >= 4 is 40.2 Å². The molecule has 0 radical (unpaired) electrons. The highest BCUT2D eigenvalue weighted by Crippen LogP contribution is 2.32. The standard InChI is InChI=1S/C31H39N3O2S/c1-21-16-18-23(19-17-21)29(35)33-27(20-22-10-6-5-7-11-22)30(36)32-26-14-8-13-25-24(26)12-9-15-28(25)37-34-31(2,3)4/h5-15,21,23,27,34H,16-20H2,1-4H3,(H,32,36)(H,33,35)/t21?,23?,27-/m0/s1. The molecule has 5 nitrogen and oxygen atoms in total. The summed E-state index contributed by atoms with van der Waals surface area (Å²) in [6.45, 7) is 8.64. The third-order valence-electron chi connectivity index (χ3n) is 6.91. The minimum Gasteiger partial charge on any atom is -0.344 e. The zero-order valence-corrected chi connectivity index (χ0v) is 23.2. The van der Waals surface area contributed by atoms with Crippen molar-refractivity contribution in [3.8, 4) is 0 Å². The Hall–Kier alpha value is -2.83. The Balaban J connectivity index is 1.55. The lowest BCUT2D eigenvalue weighted by Gasteiger charge is -2.27. The first-order valence-corrected chi connectivity index (χ1v) is 14.1. The average Bonchev–Trinajstić information content (AvgIpc) is 2.87. The van der Waals surface area contributed by atoms with Gasteiger partial charge < -0.3 is 10.6 Å². The number of hydrogen-bond donors (Lipinski definition) is 3. The molecule has 1 fully saturated rings.